The van der Waals surface area contributed by atoms with Crippen molar-refractivity contribution in [2.75, 3.05) is 12.0 Å². The molecule has 1 aliphatic heterocycles. The Morgan fingerprint density at radius 3 is 2.63 bits per heavy atom. The second kappa shape index (κ2) is 9.23. The number of rotatable bonds is 6. The Kier molecular flexibility index (Phi) is 5.96. The number of carbonyl (C=O) groups is 1. The molecular formula is C27H23N3O4S. The minimum atomic E-state index is -0.962. The molecule has 0 aliphatic carbocycles. The van der Waals surface area contributed by atoms with Gasteiger partial charge >= 0.3 is 5.97 Å². The molecule has 4 aromatic rings. The maximum atomic E-state index is 11.3. The maximum absolute atomic E-state index is 11.3. The van der Waals surface area contributed by atoms with Gasteiger partial charge in [-0.1, -0.05) is 24.3 Å². The van der Waals surface area contributed by atoms with Crippen LogP contribution in [0.1, 0.15) is 39.5 Å². The van der Waals surface area contributed by atoms with E-state index in [1.54, 1.807) is 31.5 Å². The highest BCUT2D eigenvalue weighted by molar-refractivity contribution is 7.80. The van der Waals surface area contributed by atoms with E-state index in [2.05, 4.69) is 10.3 Å². The molecule has 1 aliphatic rings. The van der Waals surface area contributed by atoms with Crippen LogP contribution in [-0.4, -0.2) is 28.3 Å². The number of ether oxygens (including phenoxy) is 1. The molecule has 0 radical (unpaired) electrons. The Labute approximate surface area is 208 Å². The number of thiocarbonyl (C=S) groups is 1. The van der Waals surface area contributed by atoms with E-state index >= 15 is 0 Å². The van der Waals surface area contributed by atoms with Crippen LogP contribution in [0.15, 0.2) is 83.4 Å². The van der Waals surface area contributed by atoms with E-state index in [1.165, 1.54) is 0 Å². The van der Waals surface area contributed by atoms with Crippen molar-refractivity contribution in [3.05, 3.63) is 102 Å². The van der Waals surface area contributed by atoms with Gasteiger partial charge < -0.3 is 24.5 Å². The zero-order valence-electron chi connectivity index (χ0n) is 19.1. The summed E-state index contributed by atoms with van der Waals surface area (Å²) in [6.07, 6.45) is 1.75. The average Bonchev–Trinajstić information content (AvgIpc) is 3.48. The molecule has 176 valence electrons. The van der Waals surface area contributed by atoms with Crippen molar-refractivity contribution in [1.82, 2.24) is 10.3 Å². The molecule has 8 heteroatoms. The topological polar surface area (TPSA) is 87.8 Å². The Morgan fingerprint density at radius 1 is 1.11 bits per heavy atom. The highest BCUT2D eigenvalue weighted by atomic mass is 32.1. The molecule has 2 aromatic carbocycles. The fourth-order valence-corrected chi connectivity index (χ4v) is 4.80. The van der Waals surface area contributed by atoms with Gasteiger partial charge in [-0.15, -0.1) is 0 Å². The molecule has 5 rings (SSSR count). The van der Waals surface area contributed by atoms with Gasteiger partial charge in [-0.3, -0.25) is 4.98 Å². The Hall–Kier alpha value is -4.17. The first-order valence-corrected chi connectivity index (χ1v) is 11.5. The van der Waals surface area contributed by atoms with Gasteiger partial charge in [0.25, 0.3) is 0 Å². The number of benzene rings is 2. The largest absolute Gasteiger partial charge is 0.495 e. The van der Waals surface area contributed by atoms with Crippen molar-refractivity contribution in [1.29, 1.82) is 0 Å². The Bertz CT molecular complexity index is 1400. The highest BCUT2D eigenvalue weighted by Gasteiger charge is 2.43. The van der Waals surface area contributed by atoms with Gasteiger partial charge in [0.2, 0.25) is 0 Å². The van der Waals surface area contributed by atoms with Crippen molar-refractivity contribution in [3.8, 4) is 17.1 Å². The lowest BCUT2D eigenvalue weighted by Gasteiger charge is -2.27. The summed E-state index contributed by atoms with van der Waals surface area (Å²) in [6.45, 7) is 1.87. The third-order valence-corrected chi connectivity index (χ3v) is 6.41. The van der Waals surface area contributed by atoms with E-state index in [0.29, 0.717) is 22.4 Å². The molecule has 7 nitrogen and oxygen atoms in total. The van der Waals surface area contributed by atoms with Gasteiger partial charge in [-0.25, -0.2) is 4.79 Å². The molecule has 0 bridgehead atoms. The van der Waals surface area contributed by atoms with Gasteiger partial charge in [-0.2, -0.15) is 0 Å². The van der Waals surface area contributed by atoms with E-state index in [1.807, 2.05) is 66.4 Å². The number of methoxy groups -OCH3 is 1. The smallest absolute Gasteiger partial charge is 0.335 e. The summed E-state index contributed by atoms with van der Waals surface area (Å²) in [5, 5.41) is 13.2. The van der Waals surface area contributed by atoms with Gasteiger partial charge in [0, 0.05) is 11.8 Å². The number of aromatic nitrogens is 1. The summed E-state index contributed by atoms with van der Waals surface area (Å²) in [6, 6.07) is 21.7. The molecule has 35 heavy (non-hydrogen) atoms. The lowest BCUT2D eigenvalue weighted by Crippen LogP contribution is -2.29. The van der Waals surface area contributed by atoms with Crippen LogP contribution in [-0.2, 0) is 0 Å². The van der Waals surface area contributed by atoms with Crippen LogP contribution in [0.2, 0.25) is 0 Å². The molecule has 1 fully saturated rings. The maximum Gasteiger partial charge on any atom is 0.335 e. The number of aryl methyl sites for hydroxylation is 1. The zero-order valence-corrected chi connectivity index (χ0v) is 20.0. The number of carboxylic acid groups (broad SMARTS) is 1. The lowest BCUT2D eigenvalue weighted by molar-refractivity contribution is 0.0696. The van der Waals surface area contributed by atoms with E-state index < -0.39 is 5.97 Å². The molecule has 3 heterocycles. The van der Waals surface area contributed by atoms with Crippen molar-refractivity contribution < 1.29 is 19.1 Å². The quantitative estimate of drug-likeness (QED) is 0.345. The van der Waals surface area contributed by atoms with Crippen LogP contribution in [0.3, 0.4) is 0 Å². The fourth-order valence-electron chi connectivity index (χ4n) is 4.46. The molecule has 2 aromatic heterocycles. The number of aromatic carboxylic acids is 1. The van der Waals surface area contributed by atoms with Crippen LogP contribution in [0.25, 0.3) is 11.3 Å². The Balaban J connectivity index is 1.61. The van der Waals surface area contributed by atoms with Crippen molar-refractivity contribution in [2.45, 2.75) is 19.0 Å². The van der Waals surface area contributed by atoms with E-state index in [-0.39, 0.29) is 17.6 Å². The summed E-state index contributed by atoms with van der Waals surface area (Å²) in [5.41, 5.74) is 3.52. The first-order valence-electron chi connectivity index (χ1n) is 11.1. The molecule has 0 spiro atoms. The highest BCUT2D eigenvalue weighted by Crippen LogP contribution is 2.45. The van der Waals surface area contributed by atoms with Gasteiger partial charge in [0.1, 0.15) is 23.3 Å². The molecule has 2 atom stereocenters. The number of hydrogen-bond donors (Lipinski definition) is 2. The predicted molar refractivity (Wildman–Crippen MR) is 137 cm³/mol. The second-order valence-electron chi connectivity index (χ2n) is 8.21. The number of nitrogens with one attached hydrogen (secondary N) is 1. The number of para-hydroxylation sites is 2. The first kappa shape index (κ1) is 22.6. The minimum Gasteiger partial charge on any atom is -0.495 e. The zero-order chi connectivity index (χ0) is 24.5. The second-order valence-corrected chi connectivity index (χ2v) is 8.59. The summed E-state index contributed by atoms with van der Waals surface area (Å²) in [5.74, 6) is 1.06. The number of furan rings is 1. The average molecular weight is 486 g/mol. The molecule has 1 saturated heterocycles. The predicted octanol–water partition coefficient (Wildman–Crippen LogP) is 5.53. The van der Waals surface area contributed by atoms with Crippen molar-refractivity contribution >= 4 is 29.0 Å². The van der Waals surface area contributed by atoms with Gasteiger partial charge in [0.05, 0.1) is 30.1 Å². The van der Waals surface area contributed by atoms with Crippen LogP contribution in [0, 0.1) is 6.92 Å². The molecule has 0 unspecified atom stereocenters. The molecule has 0 saturated carbocycles. The fraction of sp³-hybridized carbons (Fsp3) is 0.148. The minimum absolute atomic E-state index is 0.237. The summed E-state index contributed by atoms with van der Waals surface area (Å²) < 4.78 is 12.0. The van der Waals surface area contributed by atoms with Gasteiger partial charge in [-0.05, 0) is 73.2 Å². The van der Waals surface area contributed by atoms with E-state index in [9.17, 15) is 9.90 Å². The molecule has 2 N–H and O–H groups in total. The van der Waals surface area contributed by atoms with Crippen LogP contribution in [0.4, 0.5) is 5.69 Å². The van der Waals surface area contributed by atoms with E-state index in [4.69, 9.17) is 21.4 Å². The third-order valence-electron chi connectivity index (χ3n) is 6.10. The van der Waals surface area contributed by atoms with Crippen molar-refractivity contribution in [3.63, 3.8) is 0 Å². The standard InChI is InChI=1S/C27H23N3O4S/c1-16-15-17(26(31)32)10-11-18(16)21-12-13-23(34-21)25-24(19-7-5-6-14-28-19)29-27(35)30(25)20-8-3-4-9-22(20)33-2/h3-15,24-25H,1-2H3,(H,29,35)(H,31,32)/t24-,25+/m0/s1. The van der Waals surface area contributed by atoms with Crippen molar-refractivity contribution in [2.24, 2.45) is 0 Å². The number of anilines is 1. The third kappa shape index (κ3) is 4.13. The first-order chi connectivity index (χ1) is 17.0. The number of pyridine rings is 1. The van der Waals surface area contributed by atoms with Gasteiger partial charge in [0.15, 0.2) is 5.11 Å². The number of carboxylic acids is 1. The lowest BCUT2D eigenvalue weighted by atomic mass is 10.0. The molecular weight excluding hydrogens is 462 g/mol. The van der Waals surface area contributed by atoms with Crippen LogP contribution >= 0.6 is 12.2 Å². The summed E-state index contributed by atoms with van der Waals surface area (Å²) in [7, 11) is 1.63. The Morgan fingerprint density at radius 2 is 1.91 bits per heavy atom. The monoisotopic (exact) mass is 485 g/mol. The number of nitrogens with zero attached hydrogens (tertiary/aromatic N) is 2. The SMILES string of the molecule is COc1ccccc1N1C(=S)N[C@@H](c2ccccn2)[C@H]1c1ccc(-c2ccc(C(=O)O)cc2C)o1. The normalized spacial score (nSPS) is 17.3. The summed E-state index contributed by atoms with van der Waals surface area (Å²) >= 11 is 5.78. The van der Waals surface area contributed by atoms with E-state index in [0.717, 1.165) is 22.5 Å². The summed E-state index contributed by atoms with van der Waals surface area (Å²) in [4.78, 5) is 17.9. The van der Waals surface area contributed by atoms with Crippen LogP contribution in [0.5, 0.6) is 5.75 Å². The van der Waals surface area contributed by atoms with Crippen LogP contribution < -0.4 is 15.0 Å². The molecule has 0 amide bonds. The number of hydrogen-bond acceptors (Lipinski definition) is 5.